The summed E-state index contributed by atoms with van der Waals surface area (Å²) in [6, 6.07) is 2.92. The number of ketones is 1. The number of halogens is 2. The van der Waals surface area contributed by atoms with Crippen molar-refractivity contribution >= 4 is 35.0 Å². The number of carboxylic acid groups (broad SMARTS) is 1. The van der Waals surface area contributed by atoms with Crippen molar-refractivity contribution in [2.75, 3.05) is 0 Å². The van der Waals surface area contributed by atoms with Gasteiger partial charge in [0.25, 0.3) is 0 Å². The Morgan fingerprint density at radius 1 is 1.30 bits per heavy atom. The Morgan fingerprint density at radius 2 is 1.91 bits per heavy atom. The number of hydrogen-bond donors (Lipinski definition) is 0. The number of ether oxygens (including phenoxy) is 1. The maximum atomic E-state index is 12.1. The van der Waals surface area contributed by atoms with Crippen LogP contribution < -0.4 is 39.4 Å². The minimum absolute atomic E-state index is 0. The van der Waals surface area contributed by atoms with Crippen molar-refractivity contribution in [2.24, 2.45) is 0 Å². The van der Waals surface area contributed by atoms with Crippen LogP contribution in [-0.2, 0) is 4.79 Å². The largest absolute Gasteiger partial charge is 1.00 e. The molecule has 1 aromatic rings. The van der Waals surface area contributed by atoms with Gasteiger partial charge in [0.1, 0.15) is 16.4 Å². The third kappa shape index (κ3) is 3.94. The molecule has 0 bridgehead atoms. The van der Waals surface area contributed by atoms with Crippen molar-refractivity contribution in [3.63, 3.8) is 0 Å². The molecule has 2 rings (SSSR count). The zero-order valence-electron chi connectivity index (χ0n) is 13.1. The van der Waals surface area contributed by atoms with Gasteiger partial charge in [0.05, 0.1) is 11.0 Å². The maximum Gasteiger partial charge on any atom is 1.00 e. The number of benzene rings is 1. The van der Waals surface area contributed by atoms with Gasteiger partial charge in [-0.25, -0.2) is 0 Å². The van der Waals surface area contributed by atoms with Crippen molar-refractivity contribution in [1.82, 2.24) is 0 Å². The van der Waals surface area contributed by atoms with Crippen LogP contribution in [0.15, 0.2) is 24.3 Å². The van der Waals surface area contributed by atoms with Gasteiger partial charge in [0.15, 0.2) is 5.78 Å². The molecule has 0 amide bonds. The summed E-state index contributed by atoms with van der Waals surface area (Å²) in [4.78, 5) is 23.4. The van der Waals surface area contributed by atoms with E-state index in [0.29, 0.717) is 24.8 Å². The molecular formula is C16H15Cl2NaO4. The number of hydrogen-bond acceptors (Lipinski definition) is 4. The van der Waals surface area contributed by atoms with Crippen LogP contribution >= 0.6 is 23.2 Å². The first-order valence-electron chi connectivity index (χ1n) is 6.93. The van der Waals surface area contributed by atoms with E-state index in [1.807, 2.05) is 6.92 Å². The predicted molar refractivity (Wildman–Crippen MR) is 82.4 cm³/mol. The van der Waals surface area contributed by atoms with Crippen LogP contribution in [0.3, 0.4) is 0 Å². The Kier molecular flexibility index (Phi) is 7.17. The van der Waals surface area contributed by atoms with E-state index < -0.39 is 11.6 Å². The summed E-state index contributed by atoms with van der Waals surface area (Å²) in [5.74, 6) is -1.43. The number of rotatable bonds is 6. The molecule has 0 radical (unpaired) electrons. The zero-order valence-corrected chi connectivity index (χ0v) is 16.6. The van der Waals surface area contributed by atoms with Crippen LogP contribution in [0.4, 0.5) is 0 Å². The molecule has 0 aliphatic heterocycles. The molecule has 1 saturated carbocycles. The van der Waals surface area contributed by atoms with Crippen LogP contribution in [0.1, 0.15) is 43.0 Å². The van der Waals surface area contributed by atoms with Gasteiger partial charge in [-0.1, -0.05) is 36.7 Å². The first-order valence-corrected chi connectivity index (χ1v) is 7.69. The van der Waals surface area contributed by atoms with Crippen molar-refractivity contribution in [3.8, 4) is 5.75 Å². The summed E-state index contributed by atoms with van der Waals surface area (Å²) in [6.07, 6.45) is 1.96. The van der Waals surface area contributed by atoms with Crippen LogP contribution in [0, 0.1) is 0 Å². The molecule has 1 fully saturated rings. The number of carboxylic acids is 1. The molecule has 0 aromatic heterocycles. The van der Waals surface area contributed by atoms with Gasteiger partial charge in [-0.05, 0) is 43.4 Å². The third-order valence-corrected chi connectivity index (χ3v) is 4.74. The summed E-state index contributed by atoms with van der Waals surface area (Å²) >= 11 is 12.3. The Bertz CT molecular complexity index is 654. The molecule has 1 aliphatic carbocycles. The van der Waals surface area contributed by atoms with E-state index in [0.717, 1.165) is 6.42 Å². The Hall–Kier alpha value is -0.520. The fourth-order valence-electron chi connectivity index (χ4n) is 2.19. The predicted octanol–water partition coefficient (Wildman–Crippen LogP) is 0.198. The number of Topliss-reactive ketones (excluding diaryl/α,β-unsaturated/α-hetero) is 1. The van der Waals surface area contributed by atoms with E-state index in [9.17, 15) is 14.7 Å². The fourth-order valence-corrected chi connectivity index (χ4v) is 2.64. The summed E-state index contributed by atoms with van der Waals surface area (Å²) in [7, 11) is 0. The minimum atomic E-state index is -1.36. The van der Waals surface area contributed by atoms with Crippen LogP contribution in [0.5, 0.6) is 5.75 Å². The van der Waals surface area contributed by atoms with Crippen molar-refractivity contribution < 1.29 is 49.0 Å². The summed E-state index contributed by atoms with van der Waals surface area (Å²) < 4.78 is 5.52. The molecule has 118 valence electrons. The quantitative estimate of drug-likeness (QED) is 0.410. The molecule has 1 aliphatic rings. The average molecular weight is 365 g/mol. The summed E-state index contributed by atoms with van der Waals surface area (Å²) in [6.45, 7) is 5.49. The second-order valence-corrected chi connectivity index (χ2v) is 6.02. The molecule has 0 N–H and O–H groups in total. The van der Waals surface area contributed by atoms with Crippen molar-refractivity contribution in [1.29, 1.82) is 0 Å². The van der Waals surface area contributed by atoms with E-state index in [2.05, 4.69) is 6.58 Å². The molecule has 0 saturated heterocycles. The average Bonchev–Trinajstić information content (AvgIpc) is 2.45. The molecule has 0 atom stereocenters. The Balaban J connectivity index is 0.00000264. The smallest absolute Gasteiger partial charge is 0.546 e. The number of aliphatic carboxylic acids is 1. The Labute approximate surface area is 167 Å². The van der Waals surface area contributed by atoms with Gasteiger partial charge >= 0.3 is 29.6 Å². The maximum absolute atomic E-state index is 12.1. The molecule has 7 heteroatoms. The van der Waals surface area contributed by atoms with Gasteiger partial charge in [-0.15, -0.1) is 0 Å². The summed E-state index contributed by atoms with van der Waals surface area (Å²) in [5, 5.41) is 11.3. The van der Waals surface area contributed by atoms with Gasteiger partial charge in [-0.3, -0.25) is 4.79 Å². The minimum Gasteiger partial charge on any atom is -0.546 e. The first-order chi connectivity index (χ1) is 10.3. The molecular weight excluding hydrogens is 350 g/mol. The second kappa shape index (κ2) is 8.04. The first kappa shape index (κ1) is 20.5. The zero-order chi connectivity index (χ0) is 16.5. The van der Waals surface area contributed by atoms with Crippen LogP contribution in [0.2, 0.25) is 10.0 Å². The third-order valence-electron chi connectivity index (χ3n) is 3.88. The number of carbonyl (C=O) groups is 2. The van der Waals surface area contributed by atoms with Gasteiger partial charge < -0.3 is 14.6 Å². The molecule has 0 unspecified atom stereocenters. The topological polar surface area (TPSA) is 66.4 Å². The van der Waals surface area contributed by atoms with Gasteiger partial charge in [0, 0.05) is 5.56 Å². The van der Waals surface area contributed by atoms with Crippen LogP contribution in [-0.4, -0.2) is 17.4 Å². The number of carbonyl (C=O) groups excluding carboxylic acids is 2. The Morgan fingerprint density at radius 3 is 2.35 bits per heavy atom. The van der Waals surface area contributed by atoms with E-state index >= 15 is 0 Å². The van der Waals surface area contributed by atoms with Gasteiger partial charge in [0.2, 0.25) is 0 Å². The van der Waals surface area contributed by atoms with E-state index in [-0.39, 0.29) is 56.7 Å². The van der Waals surface area contributed by atoms with Crippen molar-refractivity contribution in [3.05, 3.63) is 39.9 Å². The molecule has 4 nitrogen and oxygen atoms in total. The summed E-state index contributed by atoms with van der Waals surface area (Å²) in [5.41, 5.74) is -0.718. The van der Waals surface area contributed by atoms with Crippen molar-refractivity contribution in [2.45, 2.75) is 38.2 Å². The fraction of sp³-hybridized carbons (Fsp3) is 0.375. The molecule has 0 heterocycles. The van der Waals surface area contributed by atoms with E-state index in [1.165, 1.54) is 12.1 Å². The molecule has 0 spiro atoms. The second-order valence-electron chi connectivity index (χ2n) is 5.26. The number of allylic oxidation sites excluding steroid dienone is 1. The molecule has 23 heavy (non-hydrogen) atoms. The monoisotopic (exact) mass is 364 g/mol. The van der Waals surface area contributed by atoms with Gasteiger partial charge in [-0.2, -0.15) is 0 Å². The normalized spacial score (nSPS) is 15.1. The van der Waals surface area contributed by atoms with Crippen LogP contribution in [0.25, 0.3) is 0 Å². The molecule has 1 aromatic carbocycles. The van der Waals surface area contributed by atoms with E-state index in [1.54, 1.807) is 0 Å². The standard InChI is InChI=1S/C16H16Cl2O4.Na/c1-3-9(2)14(19)10-5-6-11(13(18)12(10)17)22-16(15(20)21)7-4-8-16;/h5-6H,2-4,7-8H2,1H3,(H,20,21);/q;+1/p-1. The van der Waals surface area contributed by atoms with E-state index in [4.69, 9.17) is 27.9 Å². The SMILES string of the molecule is C=C(CC)C(=O)c1ccc(OC2(C(=O)[O-])CCC2)c(Cl)c1Cl.[Na+].